The minimum atomic E-state index is -0.0586. The molecule has 2 heterocycles. The van der Waals surface area contributed by atoms with Gasteiger partial charge in [0, 0.05) is 36.9 Å². The molecule has 0 saturated heterocycles. The van der Waals surface area contributed by atoms with Crippen molar-refractivity contribution in [2.45, 2.75) is 33.0 Å². The van der Waals surface area contributed by atoms with Crippen molar-refractivity contribution in [2.24, 2.45) is 5.73 Å². The summed E-state index contributed by atoms with van der Waals surface area (Å²) in [5.41, 5.74) is 14.4. The molecule has 2 aromatic rings. The smallest absolute Gasteiger partial charge is 0.120 e. The Morgan fingerprint density at radius 3 is 2.89 bits per heavy atom. The molecule has 1 aromatic carbocycles. The number of aromatic nitrogens is 1. The van der Waals surface area contributed by atoms with Crippen molar-refractivity contribution in [1.29, 1.82) is 0 Å². The highest BCUT2D eigenvalue weighted by Gasteiger charge is 2.23. The Morgan fingerprint density at radius 2 is 2.14 bits per heavy atom. The molecule has 0 aliphatic carbocycles. The van der Waals surface area contributed by atoms with E-state index in [0.717, 1.165) is 17.8 Å². The molecule has 0 amide bonds. The van der Waals surface area contributed by atoms with Gasteiger partial charge in [-0.15, -0.1) is 0 Å². The summed E-state index contributed by atoms with van der Waals surface area (Å²) >= 11 is 0. The van der Waals surface area contributed by atoms with Crippen LogP contribution in [0, 0.1) is 6.92 Å². The SMILES string of the molecule is C=C/C=C\c1c(CNC2C(N)=CC=C(c3cccc(CC)c3)N2C)c[nH]c1C. The maximum absolute atomic E-state index is 6.33. The monoisotopic (exact) mass is 374 g/mol. The summed E-state index contributed by atoms with van der Waals surface area (Å²) in [4.78, 5) is 5.52. The molecule has 0 saturated carbocycles. The Labute approximate surface area is 168 Å². The van der Waals surface area contributed by atoms with E-state index in [1.165, 1.54) is 28.0 Å². The van der Waals surface area contributed by atoms with Crippen molar-refractivity contribution in [2.75, 3.05) is 7.05 Å². The van der Waals surface area contributed by atoms with Gasteiger partial charge in [0.2, 0.25) is 0 Å². The zero-order chi connectivity index (χ0) is 20.1. The van der Waals surface area contributed by atoms with E-state index in [2.05, 4.69) is 85.3 Å². The van der Waals surface area contributed by atoms with E-state index in [-0.39, 0.29) is 6.17 Å². The van der Waals surface area contributed by atoms with Crippen molar-refractivity contribution in [1.82, 2.24) is 15.2 Å². The summed E-state index contributed by atoms with van der Waals surface area (Å²) < 4.78 is 0. The Balaban J connectivity index is 1.78. The predicted octanol–water partition coefficient (Wildman–Crippen LogP) is 4.33. The zero-order valence-corrected chi connectivity index (χ0v) is 17.0. The van der Waals surface area contributed by atoms with Gasteiger partial charge in [0.25, 0.3) is 0 Å². The first-order valence-electron chi connectivity index (χ1n) is 9.74. The standard InChI is InChI=1S/C24H30N4/c1-5-7-11-21-17(3)26-15-20(21)16-27-24-22(25)12-13-23(28(24)4)19-10-8-9-18(6-2)14-19/h5,7-15,24,26-27H,1,6,16,25H2,2-4H3/b11-7-. The van der Waals surface area contributed by atoms with E-state index in [1.807, 2.05) is 12.2 Å². The van der Waals surface area contributed by atoms with Crippen LogP contribution in [0.2, 0.25) is 0 Å². The normalized spacial score (nSPS) is 17.0. The summed E-state index contributed by atoms with van der Waals surface area (Å²) in [6.45, 7) is 8.73. The zero-order valence-electron chi connectivity index (χ0n) is 17.0. The number of benzene rings is 1. The molecule has 0 radical (unpaired) electrons. The van der Waals surface area contributed by atoms with Gasteiger partial charge >= 0.3 is 0 Å². The van der Waals surface area contributed by atoms with Gasteiger partial charge in [0.15, 0.2) is 0 Å². The maximum Gasteiger partial charge on any atom is 0.120 e. The van der Waals surface area contributed by atoms with Crippen LogP contribution in [0.3, 0.4) is 0 Å². The van der Waals surface area contributed by atoms with Crippen molar-refractivity contribution in [3.05, 3.63) is 95.0 Å². The molecule has 1 aliphatic rings. The highest BCUT2D eigenvalue weighted by molar-refractivity contribution is 5.68. The van der Waals surface area contributed by atoms with Gasteiger partial charge in [-0.05, 0) is 53.8 Å². The number of hydrogen-bond acceptors (Lipinski definition) is 3. The summed E-state index contributed by atoms with van der Waals surface area (Å²) in [5, 5.41) is 3.61. The lowest BCUT2D eigenvalue weighted by Crippen LogP contribution is -2.47. The Kier molecular flexibility index (Phi) is 6.22. The fourth-order valence-corrected chi connectivity index (χ4v) is 3.59. The van der Waals surface area contributed by atoms with E-state index >= 15 is 0 Å². The second-order valence-corrected chi connectivity index (χ2v) is 7.11. The maximum atomic E-state index is 6.33. The third-order valence-corrected chi connectivity index (χ3v) is 5.25. The lowest BCUT2D eigenvalue weighted by Gasteiger charge is -2.35. The second kappa shape index (κ2) is 8.81. The average molecular weight is 375 g/mol. The van der Waals surface area contributed by atoms with Crippen LogP contribution in [0.25, 0.3) is 11.8 Å². The molecule has 1 aromatic heterocycles. The lowest BCUT2D eigenvalue weighted by molar-refractivity contribution is 0.321. The van der Waals surface area contributed by atoms with E-state index < -0.39 is 0 Å². The number of nitrogens with one attached hydrogen (secondary N) is 2. The quantitative estimate of drug-likeness (QED) is 0.632. The van der Waals surface area contributed by atoms with Crippen LogP contribution < -0.4 is 11.1 Å². The topological polar surface area (TPSA) is 57.1 Å². The summed E-state index contributed by atoms with van der Waals surface area (Å²) in [6.07, 6.45) is 13.0. The molecule has 4 N–H and O–H groups in total. The summed E-state index contributed by atoms with van der Waals surface area (Å²) in [7, 11) is 2.09. The molecule has 0 bridgehead atoms. The van der Waals surface area contributed by atoms with Crippen molar-refractivity contribution in [3.8, 4) is 0 Å². The van der Waals surface area contributed by atoms with Gasteiger partial charge < -0.3 is 15.6 Å². The van der Waals surface area contributed by atoms with E-state index in [4.69, 9.17) is 5.73 Å². The second-order valence-electron chi connectivity index (χ2n) is 7.11. The van der Waals surface area contributed by atoms with Gasteiger partial charge in [0.1, 0.15) is 6.17 Å². The van der Waals surface area contributed by atoms with Crippen LogP contribution >= 0.6 is 0 Å². The third kappa shape index (κ3) is 4.12. The number of nitrogens with two attached hydrogens (primary N) is 1. The molecule has 0 spiro atoms. The van der Waals surface area contributed by atoms with E-state index in [1.54, 1.807) is 6.08 Å². The Hall–Kier alpha value is -2.98. The number of rotatable bonds is 7. The van der Waals surface area contributed by atoms with Crippen molar-refractivity contribution >= 4 is 11.8 Å². The van der Waals surface area contributed by atoms with E-state index in [0.29, 0.717) is 6.54 Å². The minimum absolute atomic E-state index is 0.0586. The molecule has 4 heteroatoms. The molecule has 3 rings (SSSR count). The largest absolute Gasteiger partial charge is 0.399 e. The van der Waals surface area contributed by atoms with Crippen LogP contribution in [0.15, 0.2) is 67.0 Å². The fraction of sp³-hybridized carbons (Fsp3) is 0.250. The molecule has 1 unspecified atom stereocenters. The van der Waals surface area contributed by atoms with Crippen molar-refractivity contribution in [3.63, 3.8) is 0 Å². The fourth-order valence-electron chi connectivity index (χ4n) is 3.59. The first-order valence-corrected chi connectivity index (χ1v) is 9.74. The number of H-pyrrole nitrogens is 1. The highest BCUT2D eigenvalue weighted by atomic mass is 15.3. The summed E-state index contributed by atoms with van der Waals surface area (Å²) in [5.74, 6) is 0. The number of allylic oxidation sites excluding steroid dienone is 4. The highest BCUT2D eigenvalue weighted by Crippen LogP contribution is 2.26. The number of likely N-dealkylation sites (N-methyl/N-ethyl adjacent to an activating group) is 1. The molecule has 0 fully saturated rings. The molecule has 1 aliphatic heterocycles. The molecule has 28 heavy (non-hydrogen) atoms. The van der Waals surface area contributed by atoms with Crippen molar-refractivity contribution < 1.29 is 0 Å². The van der Waals surface area contributed by atoms with Crippen LogP contribution in [0.1, 0.15) is 34.9 Å². The molecular formula is C24H30N4. The molecule has 1 atom stereocenters. The van der Waals surface area contributed by atoms with Gasteiger partial charge in [0.05, 0.1) is 0 Å². The van der Waals surface area contributed by atoms with Gasteiger partial charge in [-0.1, -0.05) is 49.9 Å². The first-order chi connectivity index (χ1) is 13.5. The number of aryl methyl sites for hydroxylation is 2. The summed E-state index contributed by atoms with van der Waals surface area (Å²) in [6, 6.07) is 8.69. The van der Waals surface area contributed by atoms with Crippen LogP contribution in [-0.4, -0.2) is 23.1 Å². The van der Waals surface area contributed by atoms with Crippen LogP contribution in [-0.2, 0) is 13.0 Å². The van der Waals surface area contributed by atoms with Gasteiger partial charge in [-0.2, -0.15) is 0 Å². The number of hydrogen-bond donors (Lipinski definition) is 3. The van der Waals surface area contributed by atoms with Crippen LogP contribution in [0.5, 0.6) is 0 Å². The van der Waals surface area contributed by atoms with E-state index in [9.17, 15) is 0 Å². The third-order valence-electron chi connectivity index (χ3n) is 5.25. The molecule has 146 valence electrons. The number of aromatic amines is 1. The number of nitrogens with zero attached hydrogens (tertiary/aromatic N) is 1. The first kappa shape index (κ1) is 19.8. The minimum Gasteiger partial charge on any atom is -0.399 e. The Morgan fingerprint density at radius 1 is 1.32 bits per heavy atom. The Bertz CT molecular complexity index is 930. The van der Waals surface area contributed by atoms with Crippen LogP contribution in [0.4, 0.5) is 0 Å². The van der Waals surface area contributed by atoms with Gasteiger partial charge in [-0.3, -0.25) is 5.32 Å². The molecular weight excluding hydrogens is 344 g/mol. The molecule has 4 nitrogen and oxygen atoms in total. The average Bonchev–Trinajstić information content (AvgIpc) is 3.05. The predicted molar refractivity (Wildman–Crippen MR) is 119 cm³/mol. The lowest BCUT2D eigenvalue weighted by atomic mass is 10.0. The van der Waals surface area contributed by atoms with Gasteiger partial charge in [-0.25, -0.2) is 0 Å².